The molecule has 1 atom stereocenters. The molecule has 25 heavy (non-hydrogen) atoms. The van der Waals surface area contributed by atoms with Crippen molar-refractivity contribution >= 4 is 16.7 Å². The maximum atomic E-state index is 12.7. The number of nitrogen functional groups attached to an aromatic ring is 1. The van der Waals surface area contributed by atoms with E-state index in [4.69, 9.17) is 10.3 Å². The Morgan fingerprint density at radius 1 is 1.28 bits per heavy atom. The van der Waals surface area contributed by atoms with Crippen LogP contribution in [0.2, 0.25) is 0 Å². The third kappa shape index (κ3) is 2.55. The first-order chi connectivity index (χ1) is 12.0. The number of carbonyl (C=O) groups excluding carboxylic acids is 1. The smallest absolute Gasteiger partial charge is 0.196 e. The van der Waals surface area contributed by atoms with Crippen LogP contribution < -0.4 is 5.84 Å². The van der Waals surface area contributed by atoms with Crippen LogP contribution in [0.1, 0.15) is 39.4 Å². The lowest BCUT2D eigenvalue weighted by atomic mass is 9.90. The van der Waals surface area contributed by atoms with Crippen LogP contribution in [0.5, 0.6) is 0 Å². The van der Waals surface area contributed by atoms with Gasteiger partial charge in [0, 0.05) is 22.7 Å². The number of hydrogen-bond donors (Lipinski definition) is 1. The molecule has 0 radical (unpaired) electrons. The molecule has 130 valence electrons. The fourth-order valence-corrected chi connectivity index (χ4v) is 3.89. The zero-order valence-corrected chi connectivity index (χ0v) is 14.9. The Balaban J connectivity index is 1.80. The highest BCUT2D eigenvalue weighted by atomic mass is 16.3. The van der Waals surface area contributed by atoms with E-state index < -0.39 is 0 Å². The van der Waals surface area contributed by atoms with Gasteiger partial charge in [-0.2, -0.15) is 0 Å². The molecule has 2 N–H and O–H groups in total. The van der Waals surface area contributed by atoms with E-state index in [0.717, 1.165) is 35.9 Å². The number of nitrogens with zero attached hydrogens (tertiary/aromatic N) is 2. The lowest BCUT2D eigenvalue weighted by molar-refractivity contribution is 0.103. The van der Waals surface area contributed by atoms with Crippen molar-refractivity contribution in [1.29, 1.82) is 0 Å². The Hall–Kier alpha value is -2.53. The van der Waals surface area contributed by atoms with Crippen LogP contribution in [0.15, 0.2) is 34.9 Å². The summed E-state index contributed by atoms with van der Waals surface area (Å²) in [5.41, 5.74) is 4.72. The first-order valence-corrected chi connectivity index (χ1v) is 8.63. The molecular formula is C20H23N3O2. The fourth-order valence-electron chi connectivity index (χ4n) is 3.89. The summed E-state index contributed by atoms with van der Waals surface area (Å²) in [5, 5.41) is 1.09. The van der Waals surface area contributed by atoms with Gasteiger partial charge in [-0.25, -0.2) is 0 Å². The first-order valence-electron chi connectivity index (χ1n) is 8.63. The van der Waals surface area contributed by atoms with E-state index in [9.17, 15) is 4.79 Å². The molecule has 1 aliphatic carbocycles. The van der Waals surface area contributed by atoms with E-state index >= 15 is 0 Å². The van der Waals surface area contributed by atoms with E-state index in [1.165, 1.54) is 17.5 Å². The molecule has 5 nitrogen and oxygen atoms in total. The van der Waals surface area contributed by atoms with E-state index in [-0.39, 0.29) is 5.78 Å². The molecule has 0 amide bonds. The second-order valence-electron chi connectivity index (χ2n) is 7.16. The summed E-state index contributed by atoms with van der Waals surface area (Å²) in [6, 6.07) is 8.08. The average Bonchev–Trinajstić information content (AvgIpc) is 3.16. The van der Waals surface area contributed by atoms with Gasteiger partial charge in [-0.15, -0.1) is 0 Å². The van der Waals surface area contributed by atoms with Gasteiger partial charge >= 0.3 is 0 Å². The van der Waals surface area contributed by atoms with Crippen molar-refractivity contribution in [3.05, 3.63) is 58.7 Å². The van der Waals surface area contributed by atoms with E-state index in [1.54, 1.807) is 10.7 Å². The maximum absolute atomic E-state index is 12.7. The summed E-state index contributed by atoms with van der Waals surface area (Å²) in [6.45, 7) is 1.84. The standard InChI is InChI=1S/C20H23N3O2/c1-12-8-14(11-25-12)20(24)13-4-6-18-16(9-13)17-10-15(22(2)3)5-7-19(17)23(18)21/h4,6,8-9,11,15H,5,7,10,21H2,1-3H3. The number of rotatable bonds is 3. The molecule has 0 bridgehead atoms. The summed E-state index contributed by atoms with van der Waals surface area (Å²) in [7, 11) is 4.24. The first kappa shape index (κ1) is 16.0. The normalized spacial score (nSPS) is 17.2. The van der Waals surface area contributed by atoms with Gasteiger partial charge in [0.25, 0.3) is 0 Å². The van der Waals surface area contributed by atoms with Crippen molar-refractivity contribution in [2.75, 3.05) is 19.9 Å². The predicted molar refractivity (Wildman–Crippen MR) is 98.5 cm³/mol. The van der Waals surface area contributed by atoms with Crippen LogP contribution in [0, 0.1) is 6.92 Å². The van der Waals surface area contributed by atoms with Crippen molar-refractivity contribution < 1.29 is 9.21 Å². The summed E-state index contributed by atoms with van der Waals surface area (Å²) < 4.78 is 7.08. The third-order valence-corrected chi connectivity index (χ3v) is 5.36. The number of ketones is 1. The van der Waals surface area contributed by atoms with E-state index in [1.807, 2.05) is 25.1 Å². The molecule has 0 fully saturated rings. The Kier molecular flexibility index (Phi) is 3.69. The molecule has 0 aliphatic heterocycles. The molecule has 2 heterocycles. The number of furan rings is 1. The van der Waals surface area contributed by atoms with Crippen molar-refractivity contribution in [2.24, 2.45) is 0 Å². The zero-order valence-electron chi connectivity index (χ0n) is 14.9. The van der Waals surface area contributed by atoms with Crippen LogP contribution in [0.25, 0.3) is 10.9 Å². The number of carbonyl (C=O) groups is 1. The number of nitrogens with two attached hydrogens (primary N) is 1. The Labute approximate surface area is 147 Å². The fraction of sp³-hybridized carbons (Fsp3) is 0.350. The number of fused-ring (bicyclic) bond motifs is 3. The number of hydrogen-bond acceptors (Lipinski definition) is 4. The van der Waals surface area contributed by atoms with Gasteiger partial charge in [-0.1, -0.05) is 0 Å². The molecule has 4 rings (SSSR count). The third-order valence-electron chi connectivity index (χ3n) is 5.36. The highest BCUT2D eigenvalue weighted by molar-refractivity contribution is 6.10. The molecule has 0 spiro atoms. The average molecular weight is 337 g/mol. The van der Waals surface area contributed by atoms with Crippen molar-refractivity contribution in [3.63, 3.8) is 0 Å². The second kappa shape index (κ2) is 5.77. The molecule has 1 aliphatic rings. The Morgan fingerprint density at radius 2 is 2.08 bits per heavy atom. The quantitative estimate of drug-likeness (QED) is 0.589. The minimum absolute atomic E-state index is 0.0164. The molecule has 1 unspecified atom stereocenters. The molecule has 0 saturated heterocycles. The maximum Gasteiger partial charge on any atom is 0.196 e. The molecule has 1 aromatic carbocycles. The lowest BCUT2D eigenvalue weighted by Crippen LogP contribution is -2.34. The number of benzene rings is 1. The van der Waals surface area contributed by atoms with Crippen LogP contribution in [-0.4, -0.2) is 35.5 Å². The van der Waals surface area contributed by atoms with Gasteiger partial charge in [-0.05, 0) is 70.1 Å². The SMILES string of the molecule is Cc1cc(C(=O)c2ccc3c(c2)c2c(n3N)CCC(N(C)C)C2)co1. The minimum Gasteiger partial charge on any atom is -0.469 e. The van der Waals surface area contributed by atoms with E-state index in [2.05, 4.69) is 19.0 Å². The van der Waals surface area contributed by atoms with Gasteiger partial charge in [0.2, 0.25) is 0 Å². The van der Waals surface area contributed by atoms with Crippen LogP contribution in [0.3, 0.4) is 0 Å². The van der Waals surface area contributed by atoms with Crippen LogP contribution >= 0.6 is 0 Å². The largest absolute Gasteiger partial charge is 0.469 e. The molecular weight excluding hydrogens is 314 g/mol. The summed E-state index contributed by atoms with van der Waals surface area (Å²) in [6.07, 6.45) is 4.56. The topological polar surface area (TPSA) is 64.4 Å². The number of likely N-dealkylation sites (N-methyl/N-ethyl adjacent to an activating group) is 1. The van der Waals surface area contributed by atoms with Crippen molar-refractivity contribution in [2.45, 2.75) is 32.2 Å². The van der Waals surface area contributed by atoms with Gasteiger partial charge in [-0.3, -0.25) is 9.47 Å². The molecule has 0 saturated carbocycles. The van der Waals surface area contributed by atoms with Crippen molar-refractivity contribution in [3.8, 4) is 0 Å². The zero-order chi connectivity index (χ0) is 17.7. The minimum atomic E-state index is -0.0164. The predicted octanol–water partition coefficient (Wildman–Crippen LogP) is 2.91. The Morgan fingerprint density at radius 3 is 2.76 bits per heavy atom. The lowest BCUT2D eigenvalue weighted by Gasteiger charge is -2.28. The highest BCUT2D eigenvalue weighted by Gasteiger charge is 2.26. The van der Waals surface area contributed by atoms with E-state index in [0.29, 0.717) is 17.2 Å². The van der Waals surface area contributed by atoms with Crippen LogP contribution in [0.4, 0.5) is 0 Å². The summed E-state index contributed by atoms with van der Waals surface area (Å²) in [4.78, 5) is 15.0. The van der Waals surface area contributed by atoms with Crippen molar-refractivity contribution in [1.82, 2.24) is 9.58 Å². The highest BCUT2D eigenvalue weighted by Crippen LogP contribution is 2.33. The monoisotopic (exact) mass is 337 g/mol. The molecule has 2 aromatic heterocycles. The summed E-state index contributed by atoms with van der Waals surface area (Å²) in [5.74, 6) is 7.05. The molecule has 3 aromatic rings. The van der Waals surface area contributed by atoms with Crippen LogP contribution in [-0.2, 0) is 12.8 Å². The second-order valence-corrected chi connectivity index (χ2v) is 7.16. The summed E-state index contributed by atoms with van der Waals surface area (Å²) >= 11 is 0. The number of aromatic nitrogens is 1. The van der Waals surface area contributed by atoms with Gasteiger partial charge in [0.1, 0.15) is 12.0 Å². The van der Waals surface area contributed by atoms with Gasteiger partial charge in [0.15, 0.2) is 5.78 Å². The van der Waals surface area contributed by atoms with Gasteiger partial charge < -0.3 is 15.2 Å². The Bertz CT molecular complexity index is 965. The molecule has 5 heteroatoms. The van der Waals surface area contributed by atoms with Gasteiger partial charge in [0.05, 0.1) is 11.1 Å². The number of aryl methyl sites for hydroxylation is 1.